The maximum absolute atomic E-state index is 8.79. The number of nitrogens with zero attached hydrogens (tertiary/aromatic N) is 4. The van der Waals surface area contributed by atoms with Crippen LogP contribution in [0, 0.1) is 13.7 Å². The van der Waals surface area contributed by atoms with Gasteiger partial charge in [0.2, 0.25) is 0 Å². The van der Waals surface area contributed by atoms with Gasteiger partial charge in [-0.25, -0.2) is 9.97 Å². The maximum atomic E-state index is 8.79. The molecule has 0 N–H and O–H groups in total. The van der Waals surface area contributed by atoms with Crippen LogP contribution >= 0.6 is 0 Å². The summed E-state index contributed by atoms with van der Waals surface area (Å²) in [5, 5.41) is 4.64. The highest BCUT2D eigenvalue weighted by molar-refractivity contribution is 6.17. The Morgan fingerprint density at radius 3 is 1.41 bits per heavy atom. The van der Waals surface area contributed by atoms with Crippen molar-refractivity contribution in [3.63, 3.8) is 0 Å². The third-order valence-electron chi connectivity index (χ3n) is 16.6. The van der Waals surface area contributed by atoms with Crippen LogP contribution in [0.2, 0.25) is 0 Å². The normalized spacial score (nSPS) is 22.9. The molecule has 0 saturated heterocycles. The van der Waals surface area contributed by atoms with Crippen molar-refractivity contribution >= 4 is 54.6 Å². The van der Waals surface area contributed by atoms with Gasteiger partial charge in [-0.3, -0.25) is 8.80 Å². The Morgan fingerprint density at radius 2 is 0.967 bits per heavy atom. The van der Waals surface area contributed by atoms with E-state index in [1.54, 1.807) is 0 Å². The van der Waals surface area contributed by atoms with Crippen molar-refractivity contribution < 1.29 is 13.0 Å². The molecule has 4 aromatic heterocycles. The van der Waals surface area contributed by atoms with Gasteiger partial charge in [0.25, 0.3) is 0 Å². The molecular weight excluding hydrogens is 745 g/mol. The molecule has 296 valence electrons. The molecule has 4 aliphatic rings. The summed E-state index contributed by atoms with van der Waals surface area (Å²) < 4.78 is 64.2. The number of hydrogen-bond donors (Lipinski definition) is 0. The summed E-state index contributed by atoms with van der Waals surface area (Å²) in [6, 6.07) is 36.6. The van der Waals surface area contributed by atoms with Crippen molar-refractivity contribution in [2.24, 2.45) is 0 Å². The van der Waals surface area contributed by atoms with Crippen LogP contribution in [-0.2, 0) is 34.5 Å². The number of imidazole rings is 2. The third-order valence-corrected chi connectivity index (χ3v) is 16.6. The first-order chi connectivity index (χ1) is 31.7. The summed E-state index contributed by atoms with van der Waals surface area (Å²) in [6.45, 7) is 9.13. The Hall–Kier alpha value is -6.46. The Balaban J connectivity index is 1.04. The number of rotatable bonds is 2. The summed E-state index contributed by atoms with van der Waals surface area (Å²) in [7, 11) is 0. The van der Waals surface area contributed by atoms with Gasteiger partial charge in [-0.15, -0.1) is 0 Å². The molecule has 0 saturated carbocycles. The molecule has 6 heterocycles. The van der Waals surface area contributed by atoms with Gasteiger partial charge in [-0.2, -0.15) is 0 Å². The van der Waals surface area contributed by atoms with E-state index in [1.165, 1.54) is 11.1 Å². The Bertz CT molecular complexity index is 3730. The Morgan fingerprint density at radius 1 is 0.525 bits per heavy atom. The van der Waals surface area contributed by atoms with E-state index in [2.05, 4.69) is 98.9 Å². The average Bonchev–Trinajstić information content (AvgIpc) is 3.90. The fourth-order valence-corrected chi connectivity index (χ4v) is 12.7. The van der Waals surface area contributed by atoms with E-state index >= 15 is 0 Å². The SMILES string of the molecule is [2H]C([2H])([2H])c1ccc2c3c1c1ccc(Oc4ccc5c(c4)c4nc6c7n4c4c(ccc(C([2H])([2H])[2H])c54)C(C)(C)C7(C)Cc4ccccc4-6)cc1c1nc4c(n13)C(C)(Cc1ccccc1-4)C2(C)C. The van der Waals surface area contributed by atoms with Crippen LogP contribution < -0.4 is 4.74 Å². The Kier molecular flexibility index (Phi) is 4.98. The highest BCUT2D eigenvalue weighted by Gasteiger charge is 2.55. The van der Waals surface area contributed by atoms with E-state index in [4.69, 9.17) is 22.9 Å². The van der Waals surface area contributed by atoms with Crippen molar-refractivity contribution in [2.45, 2.75) is 89.7 Å². The number of aromatic nitrogens is 4. The van der Waals surface area contributed by atoms with Gasteiger partial charge in [-0.05, 0) is 107 Å². The van der Waals surface area contributed by atoms with E-state index in [0.717, 1.165) is 102 Å². The molecule has 5 heteroatoms. The lowest BCUT2D eigenvalue weighted by atomic mass is 9.55. The highest BCUT2D eigenvalue weighted by atomic mass is 16.5. The lowest BCUT2D eigenvalue weighted by Gasteiger charge is -2.50. The zero-order valence-corrected chi connectivity index (χ0v) is 35.0. The first-order valence-electron chi connectivity index (χ1n) is 24.5. The second-order valence-corrected chi connectivity index (χ2v) is 19.8. The summed E-state index contributed by atoms with van der Waals surface area (Å²) in [5.74, 6) is 1.13. The van der Waals surface area contributed by atoms with Gasteiger partial charge >= 0.3 is 0 Å². The minimum absolute atomic E-state index is 0.313. The quantitative estimate of drug-likeness (QED) is 0.164. The molecule has 0 spiro atoms. The molecule has 5 nitrogen and oxygen atoms in total. The van der Waals surface area contributed by atoms with Crippen LogP contribution in [0.3, 0.4) is 0 Å². The van der Waals surface area contributed by atoms with Crippen LogP contribution in [0.25, 0.3) is 77.2 Å². The predicted octanol–water partition coefficient (Wildman–Crippen LogP) is 13.5. The third kappa shape index (κ3) is 3.72. The number of pyridine rings is 2. The van der Waals surface area contributed by atoms with Crippen LogP contribution in [0.5, 0.6) is 11.5 Å². The van der Waals surface area contributed by atoms with E-state index in [0.29, 0.717) is 33.4 Å². The van der Waals surface area contributed by atoms with Crippen molar-refractivity contribution in [3.8, 4) is 34.0 Å². The zero-order chi connectivity index (χ0) is 46.3. The molecule has 2 atom stereocenters. The van der Waals surface area contributed by atoms with Crippen molar-refractivity contribution in [1.29, 1.82) is 0 Å². The average molecular weight is 797 g/mol. The van der Waals surface area contributed by atoms with Crippen LogP contribution in [-0.4, -0.2) is 18.8 Å². The first-order valence-corrected chi connectivity index (χ1v) is 21.5. The zero-order valence-electron chi connectivity index (χ0n) is 41.0. The molecule has 0 radical (unpaired) electrons. The molecule has 10 aromatic rings. The standard InChI is InChI=1S/C56H46N4O/c1-29-17-23-41-47-43(29)37-21-19-33(25-39(37)51-57-45-35-15-11-9-13-31(35)27-55(7,53(41,3)4)49(45)59(47)51)61-34-20-22-38-40(26-34)52-58-46-36-16-12-10-14-32(36)28-56(8)50(46)60(52)48-42(54(56,5)6)24-18-30(2)44(38)48/h9-26H,27-28H2,1-8H3/i1D3,2D3. The van der Waals surface area contributed by atoms with Crippen LogP contribution in [0.15, 0.2) is 109 Å². The molecule has 2 unspecified atom stereocenters. The molecule has 0 fully saturated rings. The second-order valence-electron chi connectivity index (χ2n) is 19.8. The van der Waals surface area contributed by atoms with Crippen molar-refractivity contribution in [1.82, 2.24) is 18.8 Å². The monoisotopic (exact) mass is 796 g/mol. The number of fused-ring (bicyclic) bond motifs is 10. The maximum Gasteiger partial charge on any atom is 0.146 e. The fraction of sp³-hybridized carbons (Fsp3) is 0.250. The van der Waals surface area contributed by atoms with Crippen molar-refractivity contribution in [2.75, 3.05) is 0 Å². The largest absolute Gasteiger partial charge is 0.457 e. The van der Waals surface area contributed by atoms with Gasteiger partial charge in [0.05, 0.1) is 33.8 Å². The summed E-state index contributed by atoms with van der Waals surface area (Å²) in [6.07, 6.45) is 1.64. The topological polar surface area (TPSA) is 43.8 Å². The van der Waals surface area contributed by atoms with E-state index in [9.17, 15) is 0 Å². The van der Waals surface area contributed by atoms with Gasteiger partial charge < -0.3 is 4.74 Å². The molecule has 6 aromatic carbocycles. The highest BCUT2D eigenvalue weighted by Crippen LogP contribution is 2.60. The summed E-state index contributed by atoms with van der Waals surface area (Å²) >= 11 is 0. The Labute approximate surface area is 363 Å². The summed E-state index contributed by atoms with van der Waals surface area (Å²) in [4.78, 5) is 11.0. The lowest BCUT2D eigenvalue weighted by molar-refractivity contribution is 0.258. The van der Waals surface area contributed by atoms with Crippen LogP contribution in [0.1, 0.15) is 94.5 Å². The minimum atomic E-state index is -2.37. The molecule has 0 bridgehead atoms. The minimum Gasteiger partial charge on any atom is -0.457 e. The number of hydrogen-bond acceptors (Lipinski definition) is 3. The second kappa shape index (κ2) is 10.5. The van der Waals surface area contributed by atoms with Crippen LogP contribution in [0.4, 0.5) is 0 Å². The lowest BCUT2D eigenvalue weighted by Crippen LogP contribution is -2.49. The predicted molar refractivity (Wildman–Crippen MR) is 249 cm³/mol. The molecular formula is C56H46N4O. The molecule has 14 rings (SSSR count). The number of aryl methyl sites for hydroxylation is 2. The molecule has 61 heavy (non-hydrogen) atoms. The van der Waals surface area contributed by atoms with Gasteiger partial charge in [0.1, 0.15) is 22.8 Å². The number of benzene rings is 6. The molecule has 2 aliphatic heterocycles. The van der Waals surface area contributed by atoms with E-state index in [-0.39, 0.29) is 21.7 Å². The fourth-order valence-electron chi connectivity index (χ4n) is 12.7. The first kappa shape index (κ1) is 28.9. The van der Waals surface area contributed by atoms with Gasteiger partial charge in [0.15, 0.2) is 0 Å². The van der Waals surface area contributed by atoms with Crippen molar-refractivity contribution in [3.05, 3.63) is 154 Å². The number of ether oxygens (including phenoxy) is 1. The smallest absolute Gasteiger partial charge is 0.146 e. The van der Waals surface area contributed by atoms with E-state index < -0.39 is 13.7 Å². The van der Waals surface area contributed by atoms with E-state index in [1.807, 2.05) is 60.7 Å². The molecule has 0 amide bonds. The van der Waals surface area contributed by atoms with Gasteiger partial charge in [0, 0.05) is 62.6 Å². The summed E-state index contributed by atoms with van der Waals surface area (Å²) in [5.41, 5.74) is 13.6. The molecule has 2 aliphatic carbocycles. The van der Waals surface area contributed by atoms with Gasteiger partial charge in [-0.1, -0.05) is 114 Å².